The van der Waals surface area contributed by atoms with Crippen LogP contribution in [-0.4, -0.2) is 37.8 Å². The Balaban J connectivity index is 1.55. The first-order valence-electron chi connectivity index (χ1n) is 8.15. The summed E-state index contributed by atoms with van der Waals surface area (Å²) >= 11 is 1.48. The Labute approximate surface area is 158 Å². The van der Waals surface area contributed by atoms with Crippen molar-refractivity contribution in [2.24, 2.45) is 0 Å². The fourth-order valence-corrected chi connectivity index (χ4v) is 3.48. The molecule has 3 heterocycles. The molecule has 2 aromatic heterocycles. The Hall–Kier alpha value is -3.33. The van der Waals surface area contributed by atoms with Crippen LogP contribution in [0.4, 0.5) is 4.79 Å². The molecule has 27 heavy (non-hydrogen) atoms. The fourth-order valence-electron chi connectivity index (χ4n) is 2.85. The Morgan fingerprint density at radius 2 is 1.89 bits per heavy atom. The lowest BCUT2D eigenvalue weighted by Gasteiger charge is -2.22. The van der Waals surface area contributed by atoms with E-state index >= 15 is 0 Å². The summed E-state index contributed by atoms with van der Waals surface area (Å²) < 4.78 is 5.16. The van der Waals surface area contributed by atoms with Gasteiger partial charge in [0, 0.05) is 5.38 Å². The predicted octanol–water partition coefficient (Wildman–Crippen LogP) is 2.85. The second-order valence-electron chi connectivity index (χ2n) is 5.96. The maximum Gasteiger partial charge on any atom is 0.335 e. The highest BCUT2D eigenvalue weighted by Crippen LogP contribution is 2.27. The first kappa shape index (κ1) is 17.1. The molecule has 0 N–H and O–H groups in total. The monoisotopic (exact) mass is 382 g/mol. The number of hydrogen-bond acceptors (Lipinski definition) is 7. The predicted molar refractivity (Wildman–Crippen MR) is 95.3 cm³/mol. The molecule has 0 saturated carbocycles. The third-order valence-corrected chi connectivity index (χ3v) is 4.97. The summed E-state index contributed by atoms with van der Waals surface area (Å²) in [6.07, 6.45) is 0. The Bertz CT molecular complexity index is 1000. The highest BCUT2D eigenvalue weighted by atomic mass is 32.1. The average molecular weight is 382 g/mol. The maximum atomic E-state index is 12.7. The molecule has 3 aromatic rings. The van der Waals surface area contributed by atoms with Crippen LogP contribution in [0.5, 0.6) is 0 Å². The largest absolute Gasteiger partial charge is 0.335 e. The molecule has 1 saturated heterocycles. The van der Waals surface area contributed by atoms with Gasteiger partial charge in [-0.3, -0.25) is 9.59 Å². The van der Waals surface area contributed by atoms with E-state index < -0.39 is 23.9 Å². The van der Waals surface area contributed by atoms with Gasteiger partial charge in [0.1, 0.15) is 0 Å². The minimum Gasteiger partial charge on any atom is -0.334 e. The maximum absolute atomic E-state index is 12.7. The Morgan fingerprint density at radius 1 is 1.11 bits per heavy atom. The first-order chi connectivity index (χ1) is 13.1. The molecule has 8 nitrogen and oxygen atoms in total. The highest BCUT2D eigenvalue weighted by Gasteiger charge is 2.47. The molecule has 0 aliphatic carbocycles. The van der Waals surface area contributed by atoms with Crippen LogP contribution in [-0.2, 0) is 16.1 Å². The zero-order valence-corrected chi connectivity index (χ0v) is 15.0. The lowest BCUT2D eigenvalue weighted by atomic mass is 10.1. The van der Waals surface area contributed by atoms with Crippen molar-refractivity contribution in [1.82, 2.24) is 19.9 Å². The van der Waals surface area contributed by atoms with Crippen LogP contribution in [0.2, 0.25) is 0 Å². The van der Waals surface area contributed by atoms with E-state index in [1.165, 1.54) is 11.3 Å². The van der Waals surface area contributed by atoms with Gasteiger partial charge in [0.25, 0.3) is 5.89 Å². The molecule has 1 aliphatic heterocycles. The van der Waals surface area contributed by atoms with Crippen LogP contribution < -0.4 is 0 Å². The van der Waals surface area contributed by atoms with Crippen molar-refractivity contribution in [3.63, 3.8) is 0 Å². The summed E-state index contributed by atoms with van der Waals surface area (Å²) in [4.78, 5) is 43.4. The number of carbonyl (C=O) groups is 3. The summed E-state index contributed by atoms with van der Waals surface area (Å²) in [5.41, 5.74) is 1.52. The van der Waals surface area contributed by atoms with Gasteiger partial charge in [-0.25, -0.2) is 14.6 Å². The topological polar surface area (TPSA) is 96.6 Å². The van der Waals surface area contributed by atoms with Gasteiger partial charge in [-0.2, -0.15) is 16.3 Å². The van der Waals surface area contributed by atoms with Crippen molar-refractivity contribution >= 4 is 29.2 Å². The molecule has 0 bridgehead atoms. The zero-order valence-electron chi connectivity index (χ0n) is 14.2. The standard InChI is InChI=1S/C18H14N4O4S/c1-11(12-5-3-2-4-6-12)22-17(24)16(23)21(18(22)25)9-14-19-15(26-20-14)13-7-8-27-10-13/h2-8,10-11H,9H2,1H3. The van der Waals surface area contributed by atoms with Crippen LogP contribution in [0.1, 0.15) is 24.4 Å². The number of imide groups is 2. The molecule has 0 spiro atoms. The molecule has 1 fully saturated rings. The first-order valence-corrected chi connectivity index (χ1v) is 9.09. The smallest absolute Gasteiger partial charge is 0.334 e. The molecule has 1 aromatic carbocycles. The van der Waals surface area contributed by atoms with Gasteiger partial charge in [-0.1, -0.05) is 35.5 Å². The van der Waals surface area contributed by atoms with Crippen LogP contribution in [0.15, 0.2) is 51.7 Å². The van der Waals surface area contributed by atoms with E-state index in [0.717, 1.165) is 20.9 Å². The minimum absolute atomic E-state index is 0.153. The van der Waals surface area contributed by atoms with E-state index in [1.54, 1.807) is 19.1 Å². The van der Waals surface area contributed by atoms with Gasteiger partial charge in [0.05, 0.1) is 18.2 Å². The number of amides is 4. The van der Waals surface area contributed by atoms with Crippen molar-refractivity contribution < 1.29 is 18.9 Å². The lowest BCUT2D eigenvalue weighted by Crippen LogP contribution is -2.35. The number of nitrogens with zero attached hydrogens (tertiary/aromatic N) is 4. The molecular weight excluding hydrogens is 368 g/mol. The van der Waals surface area contributed by atoms with Gasteiger partial charge in [0.15, 0.2) is 5.82 Å². The fraction of sp³-hybridized carbons (Fsp3) is 0.167. The van der Waals surface area contributed by atoms with Crippen molar-refractivity contribution in [3.8, 4) is 11.5 Å². The number of aromatic nitrogens is 2. The molecule has 1 unspecified atom stereocenters. The van der Waals surface area contributed by atoms with Crippen molar-refractivity contribution in [2.75, 3.05) is 0 Å². The third-order valence-electron chi connectivity index (χ3n) is 4.29. The van der Waals surface area contributed by atoms with Gasteiger partial charge in [0.2, 0.25) is 0 Å². The van der Waals surface area contributed by atoms with Gasteiger partial charge in [-0.05, 0) is 23.9 Å². The average Bonchev–Trinajstić information content (AvgIpc) is 3.40. The third kappa shape index (κ3) is 3.02. The van der Waals surface area contributed by atoms with E-state index in [1.807, 2.05) is 35.0 Å². The molecule has 1 aliphatic rings. The van der Waals surface area contributed by atoms with E-state index in [0.29, 0.717) is 5.89 Å². The van der Waals surface area contributed by atoms with E-state index in [-0.39, 0.29) is 12.4 Å². The SMILES string of the molecule is CC(c1ccccc1)N1C(=O)C(=O)N(Cc2noc(-c3ccsc3)n2)C1=O. The normalized spacial score (nSPS) is 15.7. The quantitative estimate of drug-likeness (QED) is 0.497. The molecule has 0 radical (unpaired) electrons. The minimum atomic E-state index is -0.898. The molecule has 136 valence electrons. The Morgan fingerprint density at radius 3 is 2.59 bits per heavy atom. The Kier molecular flexibility index (Phi) is 4.28. The molecule has 1 atom stereocenters. The van der Waals surface area contributed by atoms with Crippen molar-refractivity contribution in [2.45, 2.75) is 19.5 Å². The second kappa shape index (κ2) is 6.76. The molecule has 4 amide bonds. The summed E-state index contributed by atoms with van der Waals surface area (Å²) in [7, 11) is 0. The van der Waals surface area contributed by atoms with Gasteiger partial charge >= 0.3 is 17.8 Å². The summed E-state index contributed by atoms with van der Waals surface area (Å²) in [6.45, 7) is 1.47. The second-order valence-corrected chi connectivity index (χ2v) is 6.74. The summed E-state index contributed by atoms with van der Waals surface area (Å²) in [5.74, 6) is -1.31. The number of carbonyl (C=O) groups excluding carboxylic acids is 3. The van der Waals surface area contributed by atoms with Crippen LogP contribution >= 0.6 is 11.3 Å². The van der Waals surface area contributed by atoms with Crippen LogP contribution in [0, 0.1) is 0 Å². The van der Waals surface area contributed by atoms with Crippen LogP contribution in [0.3, 0.4) is 0 Å². The zero-order chi connectivity index (χ0) is 19.0. The van der Waals surface area contributed by atoms with Gasteiger partial charge < -0.3 is 4.52 Å². The van der Waals surface area contributed by atoms with Gasteiger partial charge in [-0.15, -0.1) is 0 Å². The number of rotatable bonds is 5. The van der Waals surface area contributed by atoms with Crippen molar-refractivity contribution in [1.29, 1.82) is 0 Å². The molecule has 9 heteroatoms. The number of hydrogen-bond donors (Lipinski definition) is 0. The van der Waals surface area contributed by atoms with E-state index in [4.69, 9.17) is 4.52 Å². The number of thiophene rings is 1. The summed E-state index contributed by atoms with van der Waals surface area (Å²) in [6, 6.07) is 9.61. The van der Waals surface area contributed by atoms with Crippen molar-refractivity contribution in [3.05, 3.63) is 58.5 Å². The number of urea groups is 1. The number of benzene rings is 1. The van der Waals surface area contributed by atoms with E-state index in [2.05, 4.69) is 10.1 Å². The molecular formula is C18H14N4O4S. The van der Waals surface area contributed by atoms with Crippen LogP contribution in [0.25, 0.3) is 11.5 Å². The summed E-state index contributed by atoms with van der Waals surface area (Å²) in [5, 5.41) is 7.51. The van der Waals surface area contributed by atoms with E-state index in [9.17, 15) is 14.4 Å². The lowest BCUT2D eigenvalue weighted by molar-refractivity contribution is -0.144. The molecule has 4 rings (SSSR count). The highest BCUT2D eigenvalue weighted by molar-refractivity contribution is 7.08.